The molecule has 13 heavy (non-hydrogen) atoms. The molecule has 0 saturated carbocycles. The number of hydrogen-bond acceptors (Lipinski definition) is 2. The van der Waals surface area contributed by atoms with E-state index >= 15 is 0 Å². The Bertz CT molecular complexity index is 166. The Hall–Kier alpha value is -0.860. The van der Waals surface area contributed by atoms with Gasteiger partial charge in [-0.15, -0.1) is 0 Å². The van der Waals surface area contributed by atoms with Crippen molar-refractivity contribution >= 4 is 11.7 Å². The van der Waals surface area contributed by atoms with Gasteiger partial charge >= 0.3 is 0 Å². The van der Waals surface area contributed by atoms with Gasteiger partial charge < -0.3 is 5.32 Å². The standard InChI is InChI=1S/C10H19NO2/c1-3-4-6-9(12)7-5-8-10(13)11-2/h3-8H2,1-2H3,(H,11,13). The molecule has 0 bridgehead atoms. The second kappa shape index (κ2) is 7.77. The van der Waals surface area contributed by atoms with Crippen molar-refractivity contribution in [2.45, 2.75) is 45.4 Å². The Morgan fingerprint density at radius 3 is 2.23 bits per heavy atom. The normalized spacial score (nSPS) is 9.69. The number of ketones is 1. The number of hydrogen-bond donors (Lipinski definition) is 1. The van der Waals surface area contributed by atoms with Crippen molar-refractivity contribution < 1.29 is 9.59 Å². The molecule has 76 valence electrons. The Labute approximate surface area is 79.9 Å². The van der Waals surface area contributed by atoms with E-state index in [1.54, 1.807) is 7.05 Å². The fourth-order valence-corrected chi connectivity index (χ4v) is 1.07. The van der Waals surface area contributed by atoms with Crippen molar-refractivity contribution in [1.82, 2.24) is 5.32 Å². The highest BCUT2D eigenvalue weighted by Gasteiger charge is 2.03. The molecule has 0 aromatic rings. The summed E-state index contributed by atoms with van der Waals surface area (Å²) in [7, 11) is 1.61. The minimum atomic E-state index is 0.0169. The topological polar surface area (TPSA) is 46.2 Å². The maximum Gasteiger partial charge on any atom is 0.219 e. The van der Waals surface area contributed by atoms with Gasteiger partial charge in [0.1, 0.15) is 5.78 Å². The number of Topliss-reactive ketones (excluding diaryl/α,β-unsaturated/α-hetero) is 1. The van der Waals surface area contributed by atoms with Crippen LogP contribution in [0, 0.1) is 0 Å². The first-order valence-corrected chi connectivity index (χ1v) is 4.93. The zero-order valence-corrected chi connectivity index (χ0v) is 8.56. The quantitative estimate of drug-likeness (QED) is 0.655. The van der Waals surface area contributed by atoms with Crippen LogP contribution in [-0.2, 0) is 9.59 Å². The molecule has 0 aromatic carbocycles. The van der Waals surface area contributed by atoms with Crippen LogP contribution >= 0.6 is 0 Å². The first-order valence-electron chi connectivity index (χ1n) is 4.93. The lowest BCUT2D eigenvalue weighted by molar-refractivity contribution is -0.121. The molecule has 1 amide bonds. The molecule has 0 heterocycles. The fourth-order valence-electron chi connectivity index (χ4n) is 1.07. The van der Waals surface area contributed by atoms with Crippen molar-refractivity contribution in [2.75, 3.05) is 7.05 Å². The van der Waals surface area contributed by atoms with Crippen molar-refractivity contribution in [2.24, 2.45) is 0 Å². The molecule has 0 aliphatic rings. The Morgan fingerprint density at radius 1 is 1.08 bits per heavy atom. The van der Waals surface area contributed by atoms with Gasteiger partial charge in [0.25, 0.3) is 0 Å². The lowest BCUT2D eigenvalue weighted by Gasteiger charge is -1.99. The first kappa shape index (κ1) is 12.1. The molecule has 0 aromatic heterocycles. The fraction of sp³-hybridized carbons (Fsp3) is 0.800. The summed E-state index contributed by atoms with van der Waals surface area (Å²) < 4.78 is 0. The van der Waals surface area contributed by atoms with Crippen molar-refractivity contribution in [3.8, 4) is 0 Å². The molecule has 0 aliphatic heterocycles. The summed E-state index contributed by atoms with van der Waals surface area (Å²) in [5.74, 6) is 0.300. The number of unbranched alkanes of at least 4 members (excludes halogenated alkanes) is 1. The van der Waals surface area contributed by atoms with Crippen LogP contribution in [-0.4, -0.2) is 18.7 Å². The smallest absolute Gasteiger partial charge is 0.219 e. The van der Waals surface area contributed by atoms with Crippen LogP contribution in [0.1, 0.15) is 45.4 Å². The molecular formula is C10H19NO2. The van der Waals surface area contributed by atoms with Gasteiger partial charge in [0.2, 0.25) is 5.91 Å². The van der Waals surface area contributed by atoms with Gasteiger partial charge in [-0.25, -0.2) is 0 Å². The molecule has 3 nitrogen and oxygen atoms in total. The van der Waals surface area contributed by atoms with E-state index in [1.807, 2.05) is 0 Å². The molecule has 0 radical (unpaired) electrons. The lowest BCUT2D eigenvalue weighted by atomic mass is 10.1. The number of amides is 1. The third kappa shape index (κ3) is 7.50. The van der Waals surface area contributed by atoms with E-state index in [0.717, 1.165) is 12.8 Å². The average Bonchev–Trinajstić information content (AvgIpc) is 2.14. The average molecular weight is 185 g/mol. The predicted molar refractivity (Wildman–Crippen MR) is 52.4 cm³/mol. The van der Waals surface area contributed by atoms with Crippen molar-refractivity contribution in [1.29, 1.82) is 0 Å². The van der Waals surface area contributed by atoms with Gasteiger partial charge in [-0.2, -0.15) is 0 Å². The Morgan fingerprint density at radius 2 is 1.69 bits per heavy atom. The van der Waals surface area contributed by atoms with E-state index in [4.69, 9.17) is 0 Å². The zero-order chi connectivity index (χ0) is 10.1. The van der Waals surface area contributed by atoms with Crippen molar-refractivity contribution in [3.63, 3.8) is 0 Å². The SMILES string of the molecule is CCCCC(=O)CCCC(=O)NC. The summed E-state index contributed by atoms with van der Waals surface area (Å²) in [6, 6.07) is 0. The predicted octanol–water partition coefficient (Wildman–Crippen LogP) is 1.66. The maximum atomic E-state index is 11.1. The Kier molecular flexibility index (Phi) is 7.26. The molecule has 0 aliphatic carbocycles. The van der Waals surface area contributed by atoms with Crippen LogP contribution < -0.4 is 5.32 Å². The van der Waals surface area contributed by atoms with Crippen LogP contribution in [0.4, 0.5) is 0 Å². The van der Waals surface area contributed by atoms with Crippen LogP contribution in [0.2, 0.25) is 0 Å². The summed E-state index contributed by atoms with van der Waals surface area (Å²) in [4.78, 5) is 21.9. The summed E-state index contributed by atoms with van der Waals surface area (Å²) in [5, 5.41) is 2.53. The molecule has 0 spiro atoms. The second-order valence-corrected chi connectivity index (χ2v) is 3.17. The van der Waals surface area contributed by atoms with E-state index in [1.165, 1.54) is 0 Å². The minimum Gasteiger partial charge on any atom is -0.359 e. The molecule has 3 heteroatoms. The van der Waals surface area contributed by atoms with E-state index in [-0.39, 0.29) is 11.7 Å². The zero-order valence-electron chi connectivity index (χ0n) is 8.56. The third-order valence-electron chi connectivity index (χ3n) is 1.95. The molecule has 0 fully saturated rings. The molecule has 0 atom stereocenters. The monoisotopic (exact) mass is 185 g/mol. The summed E-state index contributed by atoms with van der Waals surface area (Å²) >= 11 is 0. The van der Waals surface area contributed by atoms with Gasteiger partial charge in [0, 0.05) is 26.3 Å². The van der Waals surface area contributed by atoms with Crippen molar-refractivity contribution in [3.05, 3.63) is 0 Å². The number of nitrogens with one attached hydrogen (secondary N) is 1. The van der Waals surface area contributed by atoms with E-state index in [0.29, 0.717) is 25.7 Å². The van der Waals surface area contributed by atoms with E-state index in [2.05, 4.69) is 12.2 Å². The minimum absolute atomic E-state index is 0.0169. The largest absolute Gasteiger partial charge is 0.359 e. The van der Waals surface area contributed by atoms with Gasteiger partial charge in [-0.05, 0) is 12.8 Å². The molecule has 1 N–H and O–H groups in total. The highest BCUT2D eigenvalue weighted by Crippen LogP contribution is 2.03. The van der Waals surface area contributed by atoms with Crippen LogP contribution in [0.3, 0.4) is 0 Å². The summed E-state index contributed by atoms with van der Waals surface area (Å²) in [5.41, 5.74) is 0. The van der Waals surface area contributed by atoms with Gasteiger partial charge in [0.05, 0.1) is 0 Å². The number of carbonyl (C=O) groups excluding carboxylic acids is 2. The lowest BCUT2D eigenvalue weighted by Crippen LogP contribution is -2.17. The highest BCUT2D eigenvalue weighted by atomic mass is 16.1. The second-order valence-electron chi connectivity index (χ2n) is 3.17. The molecular weight excluding hydrogens is 166 g/mol. The summed E-state index contributed by atoms with van der Waals surface area (Å²) in [6.07, 6.45) is 4.40. The first-order chi connectivity index (χ1) is 6.20. The maximum absolute atomic E-state index is 11.1. The highest BCUT2D eigenvalue weighted by molar-refractivity contribution is 5.80. The third-order valence-corrected chi connectivity index (χ3v) is 1.95. The van der Waals surface area contributed by atoms with E-state index < -0.39 is 0 Å². The molecule has 0 saturated heterocycles. The van der Waals surface area contributed by atoms with Gasteiger partial charge in [0.15, 0.2) is 0 Å². The number of carbonyl (C=O) groups is 2. The van der Waals surface area contributed by atoms with Gasteiger partial charge in [-0.1, -0.05) is 13.3 Å². The molecule has 0 rings (SSSR count). The number of rotatable bonds is 7. The Balaban J connectivity index is 3.31. The van der Waals surface area contributed by atoms with Gasteiger partial charge in [-0.3, -0.25) is 9.59 Å². The van der Waals surface area contributed by atoms with Crippen LogP contribution in [0.15, 0.2) is 0 Å². The molecule has 0 unspecified atom stereocenters. The summed E-state index contributed by atoms with van der Waals surface area (Å²) in [6.45, 7) is 2.07. The van der Waals surface area contributed by atoms with Crippen LogP contribution in [0.25, 0.3) is 0 Å². The van der Waals surface area contributed by atoms with Crippen LogP contribution in [0.5, 0.6) is 0 Å². The van der Waals surface area contributed by atoms with E-state index in [9.17, 15) is 9.59 Å².